The summed E-state index contributed by atoms with van der Waals surface area (Å²) in [6.45, 7) is 6.74. The highest BCUT2D eigenvalue weighted by molar-refractivity contribution is 5.01. The van der Waals surface area contributed by atoms with Crippen LogP contribution in [0.5, 0.6) is 0 Å². The summed E-state index contributed by atoms with van der Waals surface area (Å²) in [6.07, 6.45) is 8.13. The van der Waals surface area contributed by atoms with Gasteiger partial charge in [-0.15, -0.1) is 0 Å². The van der Waals surface area contributed by atoms with E-state index in [2.05, 4.69) is 15.9 Å². The van der Waals surface area contributed by atoms with Crippen molar-refractivity contribution in [3.8, 4) is 0 Å². The molecule has 21 heavy (non-hydrogen) atoms. The van der Waals surface area contributed by atoms with Crippen LogP contribution in [0.15, 0.2) is 22.8 Å². The molecule has 1 aromatic rings. The maximum atomic E-state index is 6.30. The van der Waals surface area contributed by atoms with Gasteiger partial charge in [-0.2, -0.15) is 0 Å². The van der Waals surface area contributed by atoms with Crippen molar-refractivity contribution in [1.82, 2.24) is 9.80 Å². The molecule has 4 heterocycles. The second-order valence-corrected chi connectivity index (χ2v) is 6.95. The third kappa shape index (κ3) is 2.89. The summed E-state index contributed by atoms with van der Waals surface area (Å²) in [7, 11) is 0. The van der Waals surface area contributed by atoms with Crippen molar-refractivity contribution in [2.45, 2.75) is 50.3 Å². The standard InChI is InChI=1S/C17H26N2O2/c1-2-8-19(7-1)15-12-17(21-14-15)5-9-18(10-6-17)13-16-4-3-11-20-16/h3-4,11,15H,1-2,5-10,12-14H2/t15-/m1/s1. The van der Waals surface area contributed by atoms with Crippen LogP contribution in [0.1, 0.15) is 37.9 Å². The van der Waals surface area contributed by atoms with E-state index in [1.807, 2.05) is 6.07 Å². The first-order chi connectivity index (χ1) is 10.3. The SMILES string of the molecule is c1coc(CN2CCC3(CC2)C[C@@H](N2CCCC2)CO3)c1. The zero-order valence-electron chi connectivity index (χ0n) is 12.8. The third-order valence-corrected chi connectivity index (χ3v) is 5.57. The highest BCUT2D eigenvalue weighted by atomic mass is 16.5. The Morgan fingerprint density at radius 3 is 2.67 bits per heavy atom. The van der Waals surface area contributed by atoms with Crippen molar-refractivity contribution in [1.29, 1.82) is 0 Å². The molecule has 0 N–H and O–H groups in total. The van der Waals surface area contributed by atoms with Crippen LogP contribution in [0.2, 0.25) is 0 Å². The van der Waals surface area contributed by atoms with Gasteiger partial charge in [0, 0.05) is 19.1 Å². The van der Waals surface area contributed by atoms with Crippen LogP contribution < -0.4 is 0 Å². The van der Waals surface area contributed by atoms with Gasteiger partial charge in [-0.1, -0.05) is 0 Å². The lowest BCUT2D eigenvalue weighted by Gasteiger charge is -2.38. The molecular formula is C17H26N2O2. The zero-order valence-corrected chi connectivity index (χ0v) is 12.8. The van der Waals surface area contributed by atoms with Gasteiger partial charge in [0.15, 0.2) is 0 Å². The number of likely N-dealkylation sites (tertiary alicyclic amines) is 2. The molecule has 3 aliphatic heterocycles. The fourth-order valence-corrected chi connectivity index (χ4v) is 4.25. The normalized spacial score (nSPS) is 30.4. The molecule has 1 atom stereocenters. The van der Waals surface area contributed by atoms with Gasteiger partial charge < -0.3 is 9.15 Å². The second kappa shape index (κ2) is 5.75. The van der Waals surface area contributed by atoms with Crippen molar-refractivity contribution in [2.24, 2.45) is 0 Å². The summed E-state index contributed by atoms with van der Waals surface area (Å²) in [6, 6.07) is 4.73. The number of piperidine rings is 1. The van der Waals surface area contributed by atoms with Crippen molar-refractivity contribution in [3.63, 3.8) is 0 Å². The topological polar surface area (TPSA) is 28.9 Å². The average Bonchev–Trinajstić information content (AvgIpc) is 3.23. The van der Waals surface area contributed by atoms with Gasteiger partial charge in [-0.25, -0.2) is 0 Å². The van der Waals surface area contributed by atoms with Crippen LogP contribution in [0.3, 0.4) is 0 Å². The molecule has 0 saturated carbocycles. The molecule has 3 fully saturated rings. The van der Waals surface area contributed by atoms with E-state index in [4.69, 9.17) is 9.15 Å². The van der Waals surface area contributed by atoms with E-state index >= 15 is 0 Å². The Bertz CT molecular complexity index is 445. The van der Waals surface area contributed by atoms with Crippen LogP contribution >= 0.6 is 0 Å². The van der Waals surface area contributed by atoms with E-state index in [0.717, 1.165) is 32.0 Å². The lowest BCUT2D eigenvalue weighted by molar-refractivity contribution is -0.0461. The predicted molar refractivity (Wildman–Crippen MR) is 81.1 cm³/mol. The molecule has 4 nitrogen and oxygen atoms in total. The van der Waals surface area contributed by atoms with Crippen LogP contribution in [0.25, 0.3) is 0 Å². The van der Waals surface area contributed by atoms with E-state index in [1.165, 1.54) is 45.2 Å². The maximum Gasteiger partial charge on any atom is 0.117 e. The molecule has 116 valence electrons. The Labute approximate surface area is 127 Å². The molecule has 0 aliphatic carbocycles. The third-order valence-electron chi connectivity index (χ3n) is 5.57. The Hall–Kier alpha value is -0.840. The summed E-state index contributed by atoms with van der Waals surface area (Å²) in [5.41, 5.74) is 0.174. The average molecular weight is 290 g/mol. The molecule has 4 heteroatoms. The number of rotatable bonds is 3. The number of hydrogen-bond acceptors (Lipinski definition) is 4. The van der Waals surface area contributed by atoms with E-state index < -0.39 is 0 Å². The lowest BCUT2D eigenvalue weighted by Crippen LogP contribution is -2.44. The van der Waals surface area contributed by atoms with Crippen molar-refractivity contribution >= 4 is 0 Å². The fourth-order valence-electron chi connectivity index (χ4n) is 4.25. The molecule has 3 aliphatic rings. The van der Waals surface area contributed by atoms with Gasteiger partial charge in [-0.3, -0.25) is 9.80 Å². The highest BCUT2D eigenvalue weighted by Gasteiger charge is 2.44. The highest BCUT2D eigenvalue weighted by Crippen LogP contribution is 2.38. The van der Waals surface area contributed by atoms with Gasteiger partial charge in [-0.05, 0) is 57.3 Å². The van der Waals surface area contributed by atoms with Gasteiger partial charge in [0.2, 0.25) is 0 Å². The van der Waals surface area contributed by atoms with E-state index in [1.54, 1.807) is 6.26 Å². The Balaban J connectivity index is 1.30. The minimum atomic E-state index is 0.174. The number of furan rings is 1. The zero-order chi connectivity index (χ0) is 14.1. The Morgan fingerprint density at radius 1 is 1.14 bits per heavy atom. The smallest absolute Gasteiger partial charge is 0.117 e. The quantitative estimate of drug-likeness (QED) is 0.855. The number of hydrogen-bond donors (Lipinski definition) is 0. The largest absolute Gasteiger partial charge is 0.468 e. The molecule has 0 radical (unpaired) electrons. The maximum absolute atomic E-state index is 6.30. The molecular weight excluding hydrogens is 264 g/mol. The predicted octanol–water partition coefficient (Wildman–Crippen LogP) is 2.50. The van der Waals surface area contributed by atoms with Crippen molar-refractivity contribution < 1.29 is 9.15 Å². The summed E-state index contributed by atoms with van der Waals surface area (Å²) in [4.78, 5) is 5.15. The Kier molecular flexibility index (Phi) is 3.78. The first kappa shape index (κ1) is 13.8. The summed E-state index contributed by atoms with van der Waals surface area (Å²) < 4.78 is 11.8. The summed E-state index contributed by atoms with van der Waals surface area (Å²) >= 11 is 0. The van der Waals surface area contributed by atoms with Crippen molar-refractivity contribution in [3.05, 3.63) is 24.2 Å². The van der Waals surface area contributed by atoms with E-state index in [0.29, 0.717) is 6.04 Å². The van der Waals surface area contributed by atoms with Crippen LogP contribution in [-0.4, -0.2) is 54.2 Å². The van der Waals surface area contributed by atoms with Gasteiger partial charge >= 0.3 is 0 Å². The lowest BCUT2D eigenvalue weighted by atomic mass is 9.87. The number of nitrogens with zero attached hydrogens (tertiary/aromatic N) is 2. The van der Waals surface area contributed by atoms with E-state index in [9.17, 15) is 0 Å². The summed E-state index contributed by atoms with van der Waals surface area (Å²) in [5.74, 6) is 1.08. The first-order valence-corrected chi connectivity index (χ1v) is 8.46. The molecule has 1 spiro atoms. The monoisotopic (exact) mass is 290 g/mol. The number of ether oxygens (including phenoxy) is 1. The molecule has 4 rings (SSSR count). The van der Waals surface area contributed by atoms with Crippen molar-refractivity contribution in [2.75, 3.05) is 32.8 Å². The Morgan fingerprint density at radius 2 is 1.95 bits per heavy atom. The molecule has 0 bridgehead atoms. The van der Waals surface area contributed by atoms with Crippen LogP contribution in [-0.2, 0) is 11.3 Å². The second-order valence-electron chi connectivity index (χ2n) is 6.95. The van der Waals surface area contributed by atoms with Gasteiger partial charge in [0.25, 0.3) is 0 Å². The van der Waals surface area contributed by atoms with Gasteiger partial charge in [0.1, 0.15) is 5.76 Å². The summed E-state index contributed by atoms with van der Waals surface area (Å²) in [5, 5.41) is 0. The van der Waals surface area contributed by atoms with Crippen LogP contribution in [0.4, 0.5) is 0 Å². The molecule has 3 saturated heterocycles. The first-order valence-electron chi connectivity index (χ1n) is 8.46. The molecule has 0 aromatic carbocycles. The minimum Gasteiger partial charge on any atom is -0.468 e. The van der Waals surface area contributed by atoms with Crippen LogP contribution in [0, 0.1) is 0 Å². The van der Waals surface area contributed by atoms with E-state index in [-0.39, 0.29) is 5.60 Å². The fraction of sp³-hybridized carbons (Fsp3) is 0.765. The van der Waals surface area contributed by atoms with Gasteiger partial charge in [0.05, 0.1) is 25.0 Å². The molecule has 0 amide bonds. The molecule has 1 aromatic heterocycles. The minimum absolute atomic E-state index is 0.174. The molecule has 0 unspecified atom stereocenters.